The number of thioether (sulfide) groups is 1. The van der Waals surface area contributed by atoms with E-state index in [1.165, 1.54) is 37.4 Å². The van der Waals surface area contributed by atoms with E-state index in [0.29, 0.717) is 11.6 Å². The zero-order valence-electron chi connectivity index (χ0n) is 12.9. The van der Waals surface area contributed by atoms with E-state index in [0.717, 1.165) is 29.3 Å². The lowest BCUT2D eigenvalue weighted by Crippen LogP contribution is -2.27. The van der Waals surface area contributed by atoms with Crippen LogP contribution in [0.3, 0.4) is 0 Å². The van der Waals surface area contributed by atoms with Crippen LogP contribution in [0.25, 0.3) is 0 Å². The minimum atomic E-state index is -0.845. The van der Waals surface area contributed by atoms with Crippen LogP contribution in [0.5, 0.6) is 0 Å². The minimum absolute atomic E-state index is 0.410. The SMILES string of the molecule is CCCC1CCC(Nc2cccc(SC)c2C(=O)O)CC1. The lowest BCUT2D eigenvalue weighted by molar-refractivity contribution is 0.0694. The van der Waals surface area contributed by atoms with E-state index in [1.807, 2.05) is 24.5 Å². The van der Waals surface area contributed by atoms with Gasteiger partial charge in [-0.15, -0.1) is 11.8 Å². The molecule has 0 aromatic heterocycles. The van der Waals surface area contributed by atoms with Gasteiger partial charge < -0.3 is 10.4 Å². The number of carboxylic acids is 1. The van der Waals surface area contributed by atoms with Crippen LogP contribution >= 0.6 is 11.8 Å². The first-order chi connectivity index (χ1) is 10.2. The first-order valence-electron chi connectivity index (χ1n) is 7.82. The highest BCUT2D eigenvalue weighted by atomic mass is 32.2. The third-order valence-electron chi connectivity index (χ3n) is 4.36. The Labute approximate surface area is 131 Å². The van der Waals surface area contributed by atoms with Gasteiger partial charge in [-0.3, -0.25) is 0 Å². The molecular formula is C17H25NO2S. The largest absolute Gasteiger partial charge is 0.478 e. The number of carbonyl (C=O) groups is 1. The molecule has 3 nitrogen and oxygen atoms in total. The van der Waals surface area contributed by atoms with Crippen LogP contribution in [0.15, 0.2) is 23.1 Å². The van der Waals surface area contributed by atoms with Crippen molar-refractivity contribution in [3.8, 4) is 0 Å². The Morgan fingerprint density at radius 1 is 1.33 bits per heavy atom. The maximum Gasteiger partial charge on any atom is 0.338 e. The first-order valence-corrected chi connectivity index (χ1v) is 9.05. The summed E-state index contributed by atoms with van der Waals surface area (Å²) >= 11 is 1.49. The third-order valence-corrected chi connectivity index (χ3v) is 5.14. The predicted molar refractivity (Wildman–Crippen MR) is 89.5 cm³/mol. The second kappa shape index (κ2) is 7.74. The van der Waals surface area contributed by atoms with Gasteiger partial charge in [-0.1, -0.05) is 25.8 Å². The Hall–Kier alpha value is -1.16. The van der Waals surface area contributed by atoms with Crippen molar-refractivity contribution in [2.24, 2.45) is 5.92 Å². The quantitative estimate of drug-likeness (QED) is 0.736. The third kappa shape index (κ3) is 4.16. The summed E-state index contributed by atoms with van der Waals surface area (Å²) in [5.74, 6) is 0.0200. The molecule has 4 heteroatoms. The molecule has 0 atom stereocenters. The molecule has 1 fully saturated rings. The fraction of sp³-hybridized carbons (Fsp3) is 0.588. The Kier molecular flexibility index (Phi) is 5.97. The zero-order valence-corrected chi connectivity index (χ0v) is 13.7. The van der Waals surface area contributed by atoms with Gasteiger partial charge in [0.1, 0.15) is 0 Å². The molecule has 2 rings (SSSR count). The van der Waals surface area contributed by atoms with Crippen molar-refractivity contribution < 1.29 is 9.90 Å². The average molecular weight is 307 g/mol. The second-order valence-electron chi connectivity index (χ2n) is 5.84. The van der Waals surface area contributed by atoms with Crippen molar-refractivity contribution in [3.63, 3.8) is 0 Å². The van der Waals surface area contributed by atoms with Gasteiger partial charge in [-0.25, -0.2) is 4.79 Å². The van der Waals surface area contributed by atoms with Gasteiger partial charge in [0.05, 0.1) is 11.3 Å². The number of rotatable bonds is 6. The van der Waals surface area contributed by atoms with E-state index in [4.69, 9.17) is 0 Å². The summed E-state index contributed by atoms with van der Waals surface area (Å²) in [5, 5.41) is 12.9. The van der Waals surface area contributed by atoms with E-state index in [1.54, 1.807) is 0 Å². The van der Waals surface area contributed by atoms with Gasteiger partial charge in [-0.2, -0.15) is 0 Å². The van der Waals surface area contributed by atoms with Crippen LogP contribution in [0.2, 0.25) is 0 Å². The number of benzene rings is 1. The van der Waals surface area contributed by atoms with E-state index in [9.17, 15) is 9.90 Å². The average Bonchev–Trinajstić information content (AvgIpc) is 2.49. The Morgan fingerprint density at radius 3 is 2.62 bits per heavy atom. The highest BCUT2D eigenvalue weighted by molar-refractivity contribution is 7.98. The molecular weight excluding hydrogens is 282 g/mol. The summed E-state index contributed by atoms with van der Waals surface area (Å²) in [6.07, 6.45) is 9.32. The summed E-state index contributed by atoms with van der Waals surface area (Å²) in [6, 6.07) is 6.11. The Balaban J connectivity index is 2.05. The Morgan fingerprint density at radius 2 is 2.05 bits per heavy atom. The van der Waals surface area contributed by atoms with E-state index in [-0.39, 0.29) is 0 Å². The number of aromatic carboxylic acids is 1. The maximum absolute atomic E-state index is 11.5. The molecule has 1 aliphatic rings. The standard InChI is InChI=1S/C17H25NO2S/c1-3-5-12-8-10-13(11-9-12)18-14-6-4-7-15(21-2)16(14)17(19)20/h4,6-7,12-13,18H,3,5,8-11H2,1-2H3,(H,19,20). The topological polar surface area (TPSA) is 49.3 Å². The number of nitrogens with one attached hydrogen (secondary N) is 1. The van der Waals surface area contributed by atoms with Crippen molar-refractivity contribution in [2.45, 2.75) is 56.4 Å². The molecule has 116 valence electrons. The van der Waals surface area contributed by atoms with E-state index < -0.39 is 5.97 Å². The fourth-order valence-electron chi connectivity index (χ4n) is 3.27. The lowest BCUT2D eigenvalue weighted by atomic mass is 9.83. The summed E-state index contributed by atoms with van der Waals surface area (Å²) in [6.45, 7) is 2.25. The lowest BCUT2D eigenvalue weighted by Gasteiger charge is -2.30. The van der Waals surface area contributed by atoms with Crippen LogP contribution in [-0.2, 0) is 0 Å². The molecule has 1 saturated carbocycles. The normalized spacial score (nSPS) is 22.0. The smallest absolute Gasteiger partial charge is 0.338 e. The molecule has 0 amide bonds. The van der Waals surface area contributed by atoms with Crippen LogP contribution in [0.1, 0.15) is 55.8 Å². The van der Waals surface area contributed by atoms with Gasteiger partial charge in [0.15, 0.2) is 0 Å². The van der Waals surface area contributed by atoms with Crippen molar-refractivity contribution in [2.75, 3.05) is 11.6 Å². The van der Waals surface area contributed by atoms with Gasteiger partial charge in [0.25, 0.3) is 0 Å². The second-order valence-corrected chi connectivity index (χ2v) is 6.69. The molecule has 0 bridgehead atoms. The van der Waals surface area contributed by atoms with Crippen LogP contribution in [0.4, 0.5) is 5.69 Å². The van der Waals surface area contributed by atoms with Gasteiger partial charge in [-0.05, 0) is 50.0 Å². The van der Waals surface area contributed by atoms with Crippen molar-refractivity contribution in [3.05, 3.63) is 23.8 Å². The fourth-order valence-corrected chi connectivity index (χ4v) is 3.88. The van der Waals surface area contributed by atoms with Crippen LogP contribution in [0, 0.1) is 5.92 Å². The maximum atomic E-state index is 11.5. The molecule has 0 spiro atoms. The number of hydrogen-bond donors (Lipinski definition) is 2. The van der Waals surface area contributed by atoms with E-state index >= 15 is 0 Å². The predicted octanol–water partition coefficient (Wildman–Crippen LogP) is 4.88. The molecule has 0 saturated heterocycles. The number of anilines is 1. The highest BCUT2D eigenvalue weighted by Gasteiger charge is 2.22. The molecule has 0 aliphatic heterocycles. The minimum Gasteiger partial charge on any atom is -0.478 e. The number of hydrogen-bond acceptors (Lipinski definition) is 3. The van der Waals surface area contributed by atoms with E-state index in [2.05, 4.69) is 12.2 Å². The summed E-state index contributed by atoms with van der Waals surface area (Å²) in [7, 11) is 0. The van der Waals surface area contributed by atoms with Crippen molar-refractivity contribution >= 4 is 23.4 Å². The van der Waals surface area contributed by atoms with Crippen molar-refractivity contribution in [1.29, 1.82) is 0 Å². The van der Waals surface area contributed by atoms with Crippen molar-refractivity contribution in [1.82, 2.24) is 0 Å². The Bertz CT molecular complexity index is 482. The molecule has 0 unspecified atom stereocenters. The van der Waals surface area contributed by atoms with Crippen LogP contribution in [-0.4, -0.2) is 23.4 Å². The summed E-state index contributed by atoms with van der Waals surface area (Å²) < 4.78 is 0. The molecule has 1 aromatic rings. The first kappa shape index (κ1) is 16.2. The molecule has 0 heterocycles. The van der Waals surface area contributed by atoms with Gasteiger partial charge in [0.2, 0.25) is 0 Å². The van der Waals surface area contributed by atoms with Gasteiger partial charge in [0, 0.05) is 10.9 Å². The molecule has 21 heavy (non-hydrogen) atoms. The number of carboxylic acid groups (broad SMARTS) is 1. The molecule has 2 N–H and O–H groups in total. The molecule has 1 aliphatic carbocycles. The summed E-state index contributed by atoms with van der Waals surface area (Å²) in [4.78, 5) is 12.4. The molecule has 0 radical (unpaired) electrons. The zero-order chi connectivity index (χ0) is 15.2. The highest BCUT2D eigenvalue weighted by Crippen LogP contribution is 2.32. The van der Waals surface area contributed by atoms with Crippen LogP contribution < -0.4 is 5.32 Å². The van der Waals surface area contributed by atoms with Gasteiger partial charge >= 0.3 is 5.97 Å². The summed E-state index contributed by atoms with van der Waals surface area (Å²) in [5.41, 5.74) is 1.19. The monoisotopic (exact) mass is 307 g/mol. The molecule has 1 aromatic carbocycles.